The lowest BCUT2D eigenvalue weighted by Gasteiger charge is -2.34. The summed E-state index contributed by atoms with van der Waals surface area (Å²) in [5, 5.41) is 3.02. The first-order valence-corrected chi connectivity index (χ1v) is 6.63. The smallest absolute Gasteiger partial charge is 0.239 e. The first-order valence-electron chi connectivity index (χ1n) is 4.81. The van der Waals surface area contributed by atoms with E-state index in [1.807, 2.05) is 0 Å². The summed E-state index contributed by atoms with van der Waals surface area (Å²) in [6.07, 6.45) is 0.877. The van der Waals surface area contributed by atoms with E-state index < -0.39 is 9.84 Å². The molecule has 0 spiro atoms. The van der Waals surface area contributed by atoms with Crippen molar-refractivity contribution < 1.29 is 13.2 Å². The Kier molecular flexibility index (Phi) is 2.48. The molecule has 0 unspecified atom stereocenters. The summed E-state index contributed by atoms with van der Waals surface area (Å²) < 4.78 is 22.2. The summed E-state index contributed by atoms with van der Waals surface area (Å²) in [5.41, 5.74) is 0. The molecule has 2 rings (SSSR count). The van der Waals surface area contributed by atoms with Crippen molar-refractivity contribution in [3.8, 4) is 0 Å². The Balaban J connectivity index is 1.91. The third-order valence-corrected chi connectivity index (χ3v) is 4.39. The van der Waals surface area contributed by atoms with Gasteiger partial charge >= 0.3 is 0 Å². The van der Waals surface area contributed by atoms with Crippen LogP contribution in [-0.4, -0.2) is 56.4 Å². The van der Waals surface area contributed by atoms with E-state index in [9.17, 15) is 13.2 Å². The number of carbonyl (C=O) groups is 1. The minimum absolute atomic E-state index is 0.0594. The topological polar surface area (TPSA) is 66.5 Å². The van der Waals surface area contributed by atoms with Crippen LogP contribution in [0.4, 0.5) is 0 Å². The second-order valence-corrected chi connectivity index (χ2v) is 6.08. The van der Waals surface area contributed by atoms with Crippen LogP contribution in [0.3, 0.4) is 0 Å². The van der Waals surface area contributed by atoms with E-state index >= 15 is 0 Å². The van der Waals surface area contributed by atoms with Gasteiger partial charge in [0.1, 0.15) is 0 Å². The van der Waals surface area contributed by atoms with Gasteiger partial charge in [-0.2, -0.15) is 0 Å². The fourth-order valence-electron chi connectivity index (χ4n) is 1.65. The van der Waals surface area contributed by atoms with Gasteiger partial charge in [0.05, 0.1) is 17.5 Å². The molecule has 1 amide bonds. The summed E-state index contributed by atoms with van der Waals surface area (Å²) in [6.45, 7) is 1.61. The summed E-state index contributed by atoms with van der Waals surface area (Å²) in [7, 11) is -2.88. The Bertz CT molecular complexity index is 320. The van der Waals surface area contributed by atoms with Crippen molar-refractivity contribution in [2.45, 2.75) is 12.5 Å². The second-order valence-electron chi connectivity index (χ2n) is 3.77. The SMILES string of the molecule is O=C([C@H]1CCN1)N1CCS(=O)(=O)CC1. The molecule has 80 valence electrons. The normalized spacial score (nSPS) is 30.9. The summed E-state index contributed by atoms with van der Waals surface area (Å²) >= 11 is 0. The van der Waals surface area contributed by atoms with Gasteiger partial charge in [-0.25, -0.2) is 8.42 Å². The predicted octanol–water partition coefficient (Wildman–Crippen LogP) is -1.39. The number of hydrogen-bond acceptors (Lipinski definition) is 4. The van der Waals surface area contributed by atoms with Crippen molar-refractivity contribution in [1.82, 2.24) is 10.2 Å². The zero-order chi connectivity index (χ0) is 10.2. The first-order chi connectivity index (χ1) is 6.58. The average Bonchev–Trinajstić information content (AvgIpc) is 2.00. The lowest BCUT2D eigenvalue weighted by atomic mass is 10.1. The Morgan fingerprint density at radius 1 is 1.29 bits per heavy atom. The second kappa shape index (κ2) is 3.51. The standard InChI is InChI=1S/C8H14N2O3S/c11-8(7-1-2-9-7)10-3-5-14(12,13)6-4-10/h7,9H,1-6H2/t7-/m1/s1. The van der Waals surface area contributed by atoms with E-state index in [4.69, 9.17) is 0 Å². The van der Waals surface area contributed by atoms with Crippen LogP contribution in [0.2, 0.25) is 0 Å². The zero-order valence-electron chi connectivity index (χ0n) is 7.90. The van der Waals surface area contributed by atoms with Crippen LogP contribution in [0.15, 0.2) is 0 Å². The summed E-state index contributed by atoms with van der Waals surface area (Å²) in [4.78, 5) is 13.3. The number of nitrogens with zero attached hydrogens (tertiary/aromatic N) is 1. The molecule has 2 fully saturated rings. The third kappa shape index (κ3) is 1.90. The fraction of sp³-hybridized carbons (Fsp3) is 0.875. The van der Waals surface area contributed by atoms with E-state index in [1.165, 1.54) is 0 Å². The van der Waals surface area contributed by atoms with Crippen LogP contribution in [0.25, 0.3) is 0 Å². The van der Waals surface area contributed by atoms with Crippen LogP contribution in [0.5, 0.6) is 0 Å². The molecular formula is C8H14N2O3S. The molecule has 14 heavy (non-hydrogen) atoms. The largest absolute Gasteiger partial charge is 0.339 e. The van der Waals surface area contributed by atoms with Crippen LogP contribution in [0.1, 0.15) is 6.42 Å². The Hall–Kier alpha value is -0.620. The van der Waals surface area contributed by atoms with Gasteiger partial charge in [0, 0.05) is 13.1 Å². The van der Waals surface area contributed by atoms with Gasteiger partial charge in [0.2, 0.25) is 5.91 Å². The number of nitrogens with one attached hydrogen (secondary N) is 1. The van der Waals surface area contributed by atoms with Crippen molar-refractivity contribution in [3.05, 3.63) is 0 Å². The van der Waals surface area contributed by atoms with Gasteiger partial charge in [-0.05, 0) is 13.0 Å². The molecular weight excluding hydrogens is 204 g/mol. The lowest BCUT2D eigenvalue weighted by molar-refractivity contribution is -0.134. The van der Waals surface area contributed by atoms with Crippen LogP contribution < -0.4 is 5.32 Å². The van der Waals surface area contributed by atoms with Crippen molar-refractivity contribution in [3.63, 3.8) is 0 Å². The number of hydrogen-bond donors (Lipinski definition) is 1. The molecule has 1 atom stereocenters. The van der Waals surface area contributed by atoms with E-state index in [2.05, 4.69) is 5.32 Å². The van der Waals surface area contributed by atoms with Gasteiger partial charge in [0.25, 0.3) is 0 Å². The monoisotopic (exact) mass is 218 g/mol. The van der Waals surface area contributed by atoms with Crippen LogP contribution in [-0.2, 0) is 14.6 Å². The third-order valence-electron chi connectivity index (χ3n) is 2.78. The fourth-order valence-corrected chi connectivity index (χ4v) is 2.85. The van der Waals surface area contributed by atoms with Crippen molar-refractivity contribution >= 4 is 15.7 Å². The molecule has 5 nitrogen and oxygen atoms in total. The van der Waals surface area contributed by atoms with Crippen molar-refractivity contribution in [2.75, 3.05) is 31.1 Å². The van der Waals surface area contributed by atoms with E-state index in [0.29, 0.717) is 13.1 Å². The Labute approximate surface area is 83.4 Å². The molecule has 0 bridgehead atoms. The van der Waals surface area contributed by atoms with Gasteiger partial charge in [-0.15, -0.1) is 0 Å². The van der Waals surface area contributed by atoms with Gasteiger partial charge in [0.15, 0.2) is 9.84 Å². The molecule has 2 aliphatic heterocycles. The van der Waals surface area contributed by atoms with E-state index in [-0.39, 0.29) is 23.5 Å². The predicted molar refractivity (Wildman–Crippen MR) is 51.6 cm³/mol. The summed E-state index contributed by atoms with van der Waals surface area (Å²) in [5.74, 6) is 0.294. The number of amides is 1. The zero-order valence-corrected chi connectivity index (χ0v) is 8.72. The quantitative estimate of drug-likeness (QED) is 0.588. The highest BCUT2D eigenvalue weighted by Gasteiger charge is 2.32. The highest BCUT2D eigenvalue weighted by atomic mass is 32.2. The van der Waals surface area contributed by atoms with E-state index in [0.717, 1.165) is 13.0 Å². The van der Waals surface area contributed by atoms with Crippen LogP contribution >= 0.6 is 0 Å². The van der Waals surface area contributed by atoms with Gasteiger partial charge in [-0.3, -0.25) is 4.79 Å². The minimum atomic E-state index is -2.88. The van der Waals surface area contributed by atoms with Crippen LogP contribution in [0, 0.1) is 0 Å². The lowest BCUT2D eigenvalue weighted by Crippen LogP contribution is -2.57. The van der Waals surface area contributed by atoms with Gasteiger partial charge < -0.3 is 10.2 Å². The van der Waals surface area contributed by atoms with E-state index in [1.54, 1.807) is 4.90 Å². The molecule has 6 heteroatoms. The molecule has 0 saturated carbocycles. The van der Waals surface area contributed by atoms with Crippen molar-refractivity contribution in [1.29, 1.82) is 0 Å². The maximum absolute atomic E-state index is 11.7. The molecule has 2 aliphatic rings. The highest BCUT2D eigenvalue weighted by molar-refractivity contribution is 7.91. The number of rotatable bonds is 1. The maximum Gasteiger partial charge on any atom is 0.239 e. The summed E-state index contributed by atoms with van der Waals surface area (Å²) in [6, 6.07) is -0.0594. The number of sulfone groups is 1. The minimum Gasteiger partial charge on any atom is -0.339 e. The number of carbonyl (C=O) groups excluding carboxylic acids is 1. The Morgan fingerprint density at radius 3 is 2.29 bits per heavy atom. The van der Waals surface area contributed by atoms with Gasteiger partial charge in [-0.1, -0.05) is 0 Å². The molecule has 0 aromatic carbocycles. The molecule has 0 aliphatic carbocycles. The molecule has 0 aromatic rings. The molecule has 1 N–H and O–H groups in total. The Morgan fingerprint density at radius 2 is 1.86 bits per heavy atom. The maximum atomic E-state index is 11.7. The average molecular weight is 218 g/mol. The molecule has 2 heterocycles. The molecule has 0 aromatic heterocycles. The molecule has 0 radical (unpaired) electrons. The van der Waals surface area contributed by atoms with Crippen molar-refractivity contribution in [2.24, 2.45) is 0 Å². The highest BCUT2D eigenvalue weighted by Crippen LogP contribution is 2.10. The first kappa shape index (κ1) is 9.92. The molecule has 2 saturated heterocycles.